The molecule has 2 spiro atoms. The average Bonchev–Trinajstić information content (AvgIpc) is 2.70. The van der Waals surface area contributed by atoms with Gasteiger partial charge in [-0.1, -0.05) is 20.4 Å². The molecule has 7 heteroatoms. The number of ketones is 1. The summed E-state index contributed by atoms with van der Waals surface area (Å²) >= 11 is 0. The van der Waals surface area contributed by atoms with Crippen LogP contribution in [-0.4, -0.2) is 61.7 Å². The van der Waals surface area contributed by atoms with Crippen LogP contribution in [-0.2, 0) is 9.53 Å². The maximum Gasteiger partial charge on any atom is 0.211 e. The van der Waals surface area contributed by atoms with Crippen molar-refractivity contribution in [1.82, 2.24) is 0 Å². The quantitative estimate of drug-likeness (QED) is 0.365. The summed E-state index contributed by atoms with van der Waals surface area (Å²) in [6.45, 7) is 7.72. The summed E-state index contributed by atoms with van der Waals surface area (Å²) in [6.07, 6.45) is -3.43. The number of aliphatic hydroxyl groups is 5. The molecule has 27 heavy (non-hydrogen) atoms. The Kier molecular flexibility index (Phi) is 3.26. The fourth-order valence-corrected chi connectivity index (χ4v) is 7.96. The second kappa shape index (κ2) is 4.83. The second-order valence-electron chi connectivity index (χ2n) is 10.0. The molecule has 6 aliphatic rings. The van der Waals surface area contributed by atoms with E-state index in [4.69, 9.17) is 4.74 Å². The highest BCUT2D eigenvalue weighted by molar-refractivity contribution is 6.05. The first-order valence-corrected chi connectivity index (χ1v) is 9.85. The topological polar surface area (TPSA) is 127 Å². The van der Waals surface area contributed by atoms with Crippen molar-refractivity contribution in [3.05, 3.63) is 12.2 Å². The molecule has 0 radical (unpaired) electrons. The molecular weight excluding hydrogens is 352 g/mol. The molecular formula is C20H28O7. The minimum Gasteiger partial charge on any atom is -0.392 e. The van der Waals surface area contributed by atoms with Crippen molar-refractivity contribution in [3.63, 3.8) is 0 Å². The molecule has 150 valence electrons. The summed E-state index contributed by atoms with van der Waals surface area (Å²) in [5, 5.41) is 56.2. The molecule has 2 aliphatic heterocycles. The van der Waals surface area contributed by atoms with Crippen molar-refractivity contribution in [2.45, 2.75) is 69.9 Å². The SMILES string of the molecule is C=C1C(=O)[C@]23[C@H](O)[C@H]1CC[C@H]2[C@@]12C(O)O[C@@]3(O)[C@@H](O)[C@@H]1C(C)(C)CC[C@@H]2O. The highest BCUT2D eigenvalue weighted by atomic mass is 16.7. The Morgan fingerprint density at radius 3 is 2.41 bits per heavy atom. The highest BCUT2D eigenvalue weighted by Gasteiger charge is 2.88. The van der Waals surface area contributed by atoms with E-state index in [1.807, 2.05) is 13.8 Å². The van der Waals surface area contributed by atoms with E-state index in [9.17, 15) is 30.3 Å². The Hall–Kier alpha value is -0.830. The van der Waals surface area contributed by atoms with Gasteiger partial charge in [-0.2, -0.15) is 0 Å². The Balaban J connectivity index is 1.84. The van der Waals surface area contributed by atoms with E-state index in [1.165, 1.54) is 0 Å². The number of rotatable bonds is 0. The van der Waals surface area contributed by atoms with Gasteiger partial charge in [-0.15, -0.1) is 0 Å². The van der Waals surface area contributed by atoms with Crippen molar-refractivity contribution in [3.8, 4) is 0 Å². The van der Waals surface area contributed by atoms with Crippen LogP contribution >= 0.6 is 0 Å². The summed E-state index contributed by atoms with van der Waals surface area (Å²) in [5.74, 6) is -4.83. The number of carbonyl (C=O) groups is 1. The number of carbonyl (C=O) groups excluding carboxylic acids is 1. The monoisotopic (exact) mass is 380 g/mol. The number of Topliss-reactive ketones (excluding diaryl/α,β-unsaturated/α-hetero) is 1. The van der Waals surface area contributed by atoms with Crippen LogP contribution in [0.3, 0.4) is 0 Å². The van der Waals surface area contributed by atoms with Gasteiger partial charge in [-0.3, -0.25) is 4.79 Å². The second-order valence-corrected chi connectivity index (χ2v) is 10.0. The minimum absolute atomic E-state index is 0.230. The largest absolute Gasteiger partial charge is 0.392 e. The van der Waals surface area contributed by atoms with E-state index >= 15 is 0 Å². The Bertz CT molecular complexity index is 749. The van der Waals surface area contributed by atoms with Crippen LogP contribution in [0.15, 0.2) is 12.2 Å². The predicted molar refractivity (Wildman–Crippen MR) is 91.8 cm³/mol. The van der Waals surface area contributed by atoms with Gasteiger partial charge in [0.25, 0.3) is 0 Å². The Morgan fingerprint density at radius 1 is 1.07 bits per heavy atom. The maximum absolute atomic E-state index is 13.4. The van der Waals surface area contributed by atoms with Gasteiger partial charge in [0.2, 0.25) is 5.79 Å². The first kappa shape index (κ1) is 18.2. The first-order valence-electron chi connectivity index (χ1n) is 9.85. The number of hydrogen-bond acceptors (Lipinski definition) is 7. The van der Waals surface area contributed by atoms with Crippen LogP contribution in [0.25, 0.3) is 0 Å². The molecule has 0 amide bonds. The fraction of sp³-hybridized carbons (Fsp3) is 0.850. The lowest BCUT2D eigenvalue weighted by atomic mass is 9.35. The third-order valence-corrected chi connectivity index (χ3v) is 8.93. The Morgan fingerprint density at radius 2 is 1.74 bits per heavy atom. The minimum atomic E-state index is -2.42. The molecule has 2 saturated heterocycles. The summed E-state index contributed by atoms with van der Waals surface area (Å²) in [4.78, 5) is 13.4. The van der Waals surface area contributed by atoms with Crippen LogP contribution in [0.5, 0.6) is 0 Å². The third kappa shape index (κ3) is 1.52. The Labute approximate surface area is 157 Å². The third-order valence-electron chi connectivity index (χ3n) is 8.93. The average molecular weight is 380 g/mol. The van der Waals surface area contributed by atoms with Crippen LogP contribution in [0.1, 0.15) is 39.5 Å². The van der Waals surface area contributed by atoms with Gasteiger partial charge >= 0.3 is 0 Å². The van der Waals surface area contributed by atoms with Crippen molar-refractivity contribution in [2.75, 3.05) is 0 Å². The van der Waals surface area contributed by atoms with Crippen LogP contribution in [0.4, 0.5) is 0 Å². The van der Waals surface area contributed by atoms with E-state index in [0.29, 0.717) is 25.7 Å². The molecule has 6 rings (SSSR count). The number of ether oxygens (including phenoxy) is 1. The van der Waals surface area contributed by atoms with E-state index in [1.54, 1.807) is 0 Å². The van der Waals surface area contributed by atoms with Crippen molar-refractivity contribution in [1.29, 1.82) is 0 Å². The van der Waals surface area contributed by atoms with Crippen LogP contribution < -0.4 is 0 Å². The molecule has 2 heterocycles. The van der Waals surface area contributed by atoms with Crippen molar-refractivity contribution in [2.24, 2.45) is 34.0 Å². The molecule has 0 aromatic rings. The van der Waals surface area contributed by atoms with Gasteiger partial charge in [0, 0.05) is 11.8 Å². The molecule has 4 saturated carbocycles. The molecule has 0 aromatic heterocycles. The zero-order valence-corrected chi connectivity index (χ0v) is 15.6. The standard InChI is InChI=1S/C20H28O7/c1-8-9-4-5-10-18-11(21)6-7-17(2,3)12(18)15(24)20(26,27-16(18)25)19(10,13(8)22)14(9)23/h9-12,14-16,21,23-26H,1,4-7H2,2-3H3/t9-,10-,11-,12+,14+,15-,16?,18-,19-,20-/m0/s1. The molecule has 10 atom stereocenters. The van der Waals surface area contributed by atoms with Gasteiger partial charge in [-0.25, -0.2) is 0 Å². The number of fused-ring (bicyclic) bond motifs is 2. The van der Waals surface area contributed by atoms with Gasteiger partial charge in [-0.05, 0) is 42.6 Å². The molecule has 4 aliphatic carbocycles. The summed E-state index contributed by atoms with van der Waals surface area (Å²) in [5.41, 5.74) is -3.41. The smallest absolute Gasteiger partial charge is 0.211 e. The maximum atomic E-state index is 13.4. The highest BCUT2D eigenvalue weighted by Crippen LogP contribution is 2.77. The van der Waals surface area contributed by atoms with Crippen molar-refractivity contribution >= 4 is 5.78 Å². The molecule has 0 aromatic carbocycles. The van der Waals surface area contributed by atoms with Crippen LogP contribution in [0, 0.1) is 34.0 Å². The van der Waals surface area contributed by atoms with Gasteiger partial charge in [0.15, 0.2) is 12.1 Å². The zero-order chi connectivity index (χ0) is 19.7. The van der Waals surface area contributed by atoms with E-state index < -0.39 is 70.2 Å². The van der Waals surface area contributed by atoms with Crippen molar-refractivity contribution < 1.29 is 35.1 Å². The lowest BCUT2D eigenvalue weighted by molar-refractivity contribution is -0.507. The molecule has 6 fully saturated rings. The normalized spacial score (nSPS) is 60.9. The predicted octanol–water partition coefficient (Wildman–Crippen LogP) is -0.306. The zero-order valence-electron chi connectivity index (χ0n) is 15.6. The van der Waals surface area contributed by atoms with Gasteiger partial charge < -0.3 is 30.3 Å². The lowest BCUT2D eigenvalue weighted by Crippen LogP contribution is -2.87. The van der Waals surface area contributed by atoms with E-state index in [2.05, 4.69) is 6.58 Å². The molecule has 7 nitrogen and oxygen atoms in total. The first-order chi connectivity index (χ1) is 12.5. The summed E-state index contributed by atoms with van der Waals surface area (Å²) < 4.78 is 5.57. The van der Waals surface area contributed by atoms with E-state index in [0.717, 1.165) is 0 Å². The number of aliphatic hydroxyl groups excluding tert-OH is 4. The summed E-state index contributed by atoms with van der Waals surface area (Å²) in [6, 6.07) is 0. The molecule has 4 bridgehead atoms. The number of hydrogen-bond donors (Lipinski definition) is 5. The lowest BCUT2D eigenvalue weighted by Gasteiger charge is -2.75. The van der Waals surface area contributed by atoms with E-state index in [-0.39, 0.29) is 5.57 Å². The molecule has 5 N–H and O–H groups in total. The summed E-state index contributed by atoms with van der Waals surface area (Å²) in [7, 11) is 0. The van der Waals surface area contributed by atoms with Gasteiger partial charge in [0.1, 0.15) is 11.5 Å². The fourth-order valence-electron chi connectivity index (χ4n) is 7.96. The van der Waals surface area contributed by atoms with Gasteiger partial charge in [0.05, 0.1) is 17.6 Å². The molecule has 1 unspecified atom stereocenters. The van der Waals surface area contributed by atoms with Crippen LogP contribution in [0.2, 0.25) is 0 Å².